The Hall–Kier alpha value is -1.88. The van der Waals surface area contributed by atoms with Crippen LogP contribution < -0.4 is 10.2 Å². The van der Waals surface area contributed by atoms with E-state index in [0.717, 1.165) is 37.1 Å². The third-order valence-corrected chi connectivity index (χ3v) is 4.61. The van der Waals surface area contributed by atoms with E-state index >= 15 is 0 Å². The smallest absolute Gasteiger partial charge is 0.336 e. The lowest BCUT2D eigenvalue weighted by atomic mass is 9.86. The molecule has 5 nitrogen and oxygen atoms in total. The molecule has 1 amide bonds. The number of amides is 1. The first kappa shape index (κ1) is 14.1. The summed E-state index contributed by atoms with van der Waals surface area (Å²) in [4.78, 5) is 26.0. The fraction of sp³-hybridized carbons (Fsp3) is 0.500. The maximum Gasteiger partial charge on any atom is 0.336 e. The zero-order valence-corrected chi connectivity index (χ0v) is 12.2. The van der Waals surface area contributed by atoms with Gasteiger partial charge in [-0.15, -0.1) is 0 Å². The fourth-order valence-electron chi connectivity index (χ4n) is 3.36. The number of carbonyl (C=O) groups excluding carboxylic acids is 1. The third-order valence-electron chi connectivity index (χ3n) is 4.61. The van der Waals surface area contributed by atoms with Gasteiger partial charge in [-0.2, -0.15) is 0 Å². The van der Waals surface area contributed by atoms with Crippen LogP contribution in [0.4, 0.5) is 5.69 Å². The number of carboxylic acids is 1. The predicted molar refractivity (Wildman–Crippen MR) is 79.7 cm³/mol. The number of anilines is 1. The molecule has 112 valence electrons. The van der Waals surface area contributed by atoms with Gasteiger partial charge in [0.15, 0.2) is 0 Å². The molecule has 2 N–H and O–H groups in total. The van der Waals surface area contributed by atoms with E-state index in [4.69, 9.17) is 0 Å². The minimum atomic E-state index is -0.921. The van der Waals surface area contributed by atoms with E-state index in [1.165, 1.54) is 0 Å². The Labute approximate surface area is 123 Å². The number of carboxylic acid groups (broad SMARTS) is 1. The van der Waals surface area contributed by atoms with Crippen molar-refractivity contribution in [3.05, 3.63) is 29.3 Å². The second kappa shape index (κ2) is 5.15. The molecule has 0 radical (unpaired) electrons. The van der Waals surface area contributed by atoms with Crippen LogP contribution in [0.1, 0.15) is 35.7 Å². The number of aromatic carboxylic acids is 1. The molecule has 3 rings (SSSR count). The van der Waals surface area contributed by atoms with Crippen molar-refractivity contribution in [3.63, 3.8) is 0 Å². The summed E-state index contributed by atoms with van der Waals surface area (Å²) in [6, 6.07) is 5.21. The molecular weight excluding hydrogens is 268 g/mol. The number of rotatable bonds is 2. The summed E-state index contributed by atoms with van der Waals surface area (Å²) in [6.45, 7) is 4.21. The van der Waals surface area contributed by atoms with E-state index in [1.807, 2.05) is 13.0 Å². The number of hydrogen-bond acceptors (Lipinski definition) is 3. The number of benzene rings is 1. The SMILES string of the molecule is CC1(C(=O)N2CCCc3c(C(=O)O)cccc32)CCNC1. The van der Waals surface area contributed by atoms with Gasteiger partial charge in [0.25, 0.3) is 0 Å². The van der Waals surface area contributed by atoms with Gasteiger partial charge in [-0.3, -0.25) is 4.79 Å². The van der Waals surface area contributed by atoms with Crippen LogP contribution in [0.15, 0.2) is 18.2 Å². The number of carbonyl (C=O) groups is 2. The van der Waals surface area contributed by atoms with Crippen molar-refractivity contribution in [2.24, 2.45) is 5.41 Å². The number of fused-ring (bicyclic) bond motifs is 1. The first-order chi connectivity index (χ1) is 10.0. The molecule has 0 aromatic heterocycles. The molecule has 1 aromatic carbocycles. The molecule has 1 aromatic rings. The standard InChI is InChI=1S/C16H20N2O3/c1-16(7-8-17-10-16)15(21)18-9-3-5-11-12(14(19)20)4-2-6-13(11)18/h2,4,6,17H,3,5,7-10H2,1H3,(H,19,20). The van der Waals surface area contributed by atoms with Gasteiger partial charge in [0, 0.05) is 18.8 Å². The molecule has 2 aliphatic rings. The molecule has 0 spiro atoms. The zero-order chi connectivity index (χ0) is 15.0. The normalized spacial score (nSPS) is 24.7. The fourth-order valence-corrected chi connectivity index (χ4v) is 3.36. The Balaban J connectivity index is 1.99. The molecule has 0 aliphatic carbocycles. The molecule has 5 heteroatoms. The lowest BCUT2D eigenvalue weighted by Gasteiger charge is -2.35. The quantitative estimate of drug-likeness (QED) is 0.868. The molecule has 0 bridgehead atoms. The minimum absolute atomic E-state index is 0.107. The van der Waals surface area contributed by atoms with E-state index in [0.29, 0.717) is 18.7 Å². The van der Waals surface area contributed by atoms with Gasteiger partial charge in [0.1, 0.15) is 0 Å². The Morgan fingerprint density at radius 2 is 2.19 bits per heavy atom. The van der Waals surface area contributed by atoms with Crippen molar-refractivity contribution in [1.29, 1.82) is 0 Å². The molecule has 1 fully saturated rings. The van der Waals surface area contributed by atoms with E-state index in [9.17, 15) is 14.7 Å². The van der Waals surface area contributed by atoms with Crippen LogP contribution >= 0.6 is 0 Å². The van der Waals surface area contributed by atoms with Crippen molar-refractivity contribution in [3.8, 4) is 0 Å². The lowest BCUT2D eigenvalue weighted by molar-refractivity contribution is -0.126. The van der Waals surface area contributed by atoms with E-state index < -0.39 is 5.97 Å². The molecular formula is C16H20N2O3. The summed E-state index contributed by atoms with van der Waals surface area (Å²) >= 11 is 0. The molecule has 1 unspecified atom stereocenters. The van der Waals surface area contributed by atoms with Crippen molar-refractivity contribution < 1.29 is 14.7 Å². The monoisotopic (exact) mass is 288 g/mol. The van der Waals surface area contributed by atoms with Crippen LogP contribution in [0.3, 0.4) is 0 Å². The topological polar surface area (TPSA) is 69.6 Å². The van der Waals surface area contributed by atoms with Crippen LogP contribution in [0.2, 0.25) is 0 Å². The largest absolute Gasteiger partial charge is 0.478 e. The first-order valence-corrected chi connectivity index (χ1v) is 7.41. The molecule has 21 heavy (non-hydrogen) atoms. The zero-order valence-electron chi connectivity index (χ0n) is 12.2. The second-order valence-electron chi connectivity index (χ2n) is 6.16. The lowest BCUT2D eigenvalue weighted by Crippen LogP contribution is -2.46. The van der Waals surface area contributed by atoms with Crippen LogP contribution in [0.5, 0.6) is 0 Å². The average Bonchev–Trinajstić information content (AvgIpc) is 2.93. The van der Waals surface area contributed by atoms with Crippen molar-refractivity contribution in [2.45, 2.75) is 26.2 Å². The van der Waals surface area contributed by atoms with Gasteiger partial charge in [-0.1, -0.05) is 6.07 Å². The van der Waals surface area contributed by atoms with Gasteiger partial charge in [-0.05, 0) is 50.4 Å². The van der Waals surface area contributed by atoms with Gasteiger partial charge < -0.3 is 15.3 Å². The molecule has 2 heterocycles. The predicted octanol–water partition coefficient (Wildman–Crippen LogP) is 1.66. The highest BCUT2D eigenvalue weighted by Crippen LogP contribution is 2.35. The summed E-state index contributed by atoms with van der Waals surface area (Å²) in [5.41, 5.74) is 1.51. The van der Waals surface area contributed by atoms with Crippen molar-refractivity contribution in [2.75, 3.05) is 24.5 Å². The average molecular weight is 288 g/mol. The first-order valence-electron chi connectivity index (χ1n) is 7.41. The summed E-state index contributed by atoms with van der Waals surface area (Å²) in [5.74, 6) is -0.814. The summed E-state index contributed by atoms with van der Waals surface area (Å²) < 4.78 is 0. The van der Waals surface area contributed by atoms with Gasteiger partial charge in [0.05, 0.1) is 11.0 Å². The number of nitrogens with zero attached hydrogens (tertiary/aromatic N) is 1. The van der Waals surface area contributed by atoms with Crippen molar-refractivity contribution in [1.82, 2.24) is 5.32 Å². The Bertz CT molecular complexity index is 591. The maximum absolute atomic E-state index is 12.9. The van der Waals surface area contributed by atoms with Crippen LogP contribution in [-0.4, -0.2) is 36.6 Å². The van der Waals surface area contributed by atoms with Crippen LogP contribution in [0, 0.1) is 5.41 Å². The maximum atomic E-state index is 12.9. The molecule has 0 saturated carbocycles. The van der Waals surface area contributed by atoms with E-state index in [1.54, 1.807) is 17.0 Å². The Morgan fingerprint density at radius 3 is 2.86 bits per heavy atom. The summed E-state index contributed by atoms with van der Waals surface area (Å²) in [7, 11) is 0. The number of nitrogens with one attached hydrogen (secondary N) is 1. The van der Waals surface area contributed by atoms with Gasteiger partial charge >= 0.3 is 5.97 Å². The van der Waals surface area contributed by atoms with Gasteiger partial charge in [0.2, 0.25) is 5.91 Å². The highest BCUT2D eigenvalue weighted by molar-refractivity contribution is 6.01. The molecule has 2 aliphatic heterocycles. The molecule has 1 saturated heterocycles. The minimum Gasteiger partial charge on any atom is -0.478 e. The van der Waals surface area contributed by atoms with Crippen molar-refractivity contribution >= 4 is 17.6 Å². The Kier molecular flexibility index (Phi) is 3.45. The highest BCUT2D eigenvalue weighted by Gasteiger charge is 2.41. The summed E-state index contributed by atoms with van der Waals surface area (Å²) in [5, 5.41) is 12.6. The van der Waals surface area contributed by atoms with Gasteiger partial charge in [-0.25, -0.2) is 4.79 Å². The summed E-state index contributed by atoms with van der Waals surface area (Å²) in [6.07, 6.45) is 2.36. The second-order valence-corrected chi connectivity index (χ2v) is 6.16. The van der Waals surface area contributed by atoms with E-state index in [-0.39, 0.29) is 11.3 Å². The van der Waals surface area contributed by atoms with Crippen LogP contribution in [-0.2, 0) is 11.2 Å². The highest BCUT2D eigenvalue weighted by atomic mass is 16.4. The third kappa shape index (κ3) is 2.31. The molecule has 1 atom stereocenters. The number of hydrogen-bond donors (Lipinski definition) is 2. The van der Waals surface area contributed by atoms with Crippen LogP contribution in [0.25, 0.3) is 0 Å². The van der Waals surface area contributed by atoms with E-state index in [2.05, 4.69) is 5.32 Å². The Morgan fingerprint density at radius 1 is 1.38 bits per heavy atom.